The highest BCUT2D eigenvalue weighted by molar-refractivity contribution is 5.84. The van der Waals surface area contributed by atoms with Crippen LogP contribution in [0.1, 0.15) is 46.5 Å². The Hall–Kier alpha value is -2.56. The lowest BCUT2D eigenvalue weighted by Gasteiger charge is -2.29. The number of carbonyl (C=O) groups is 3. The summed E-state index contributed by atoms with van der Waals surface area (Å²) in [4.78, 5) is 42.5. The molecule has 0 aromatic rings. The molecule has 0 aliphatic carbocycles. The third kappa shape index (κ3) is 6.97. The third-order valence-electron chi connectivity index (χ3n) is 6.70. The topological polar surface area (TPSA) is 161 Å². The van der Waals surface area contributed by atoms with Gasteiger partial charge in [-0.15, -0.1) is 0 Å². The van der Waals surface area contributed by atoms with E-state index < -0.39 is 11.6 Å². The number of nitrogens with zero attached hydrogens (tertiary/aromatic N) is 4. The molecule has 3 fully saturated rings. The Morgan fingerprint density at radius 3 is 2.29 bits per heavy atom. The van der Waals surface area contributed by atoms with Gasteiger partial charge in [0.1, 0.15) is 5.60 Å². The number of carbonyl (C=O) groups excluding carboxylic acids is 3. The number of likely N-dealkylation sites (tertiary alicyclic amines) is 1. The van der Waals surface area contributed by atoms with Crippen molar-refractivity contribution in [2.24, 2.45) is 17.0 Å². The van der Waals surface area contributed by atoms with Gasteiger partial charge >= 0.3 is 6.09 Å². The zero-order valence-corrected chi connectivity index (χ0v) is 20.4. The maximum Gasteiger partial charge on any atom is 0.410 e. The summed E-state index contributed by atoms with van der Waals surface area (Å²) in [6, 6.07) is -0.861. The van der Waals surface area contributed by atoms with Crippen LogP contribution in [0.25, 0.3) is 10.4 Å². The average Bonchev–Trinajstić information content (AvgIpc) is 3.53. The first kappa shape index (κ1) is 26.1. The van der Waals surface area contributed by atoms with Crippen LogP contribution < -0.4 is 21.3 Å². The summed E-state index contributed by atoms with van der Waals surface area (Å²) in [6.07, 6.45) is 2.93. The first-order valence-corrected chi connectivity index (χ1v) is 12.2. The Morgan fingerprint density at radius 2 is 1.65 bits per heavy atom. The Balaban J connectivity index is 1.46. The lowest BCUT2D eigenvalue weighted by molar-refractivity contribution is -0.126. The van der Waals surface area contributed by atoms with Gasteiger partial charge < -0.3 is 30.9 Å². The van der Waals surface area contributed by atoms with E-state index in [9.17, 15) is 14.4 Å². The Labute approximate surface area is 200 Å². The van der Waals surface area contributed by atoms with Crippen LogP contribution in [0, 0.1) is 11.8 Å². The highest BCUT2D eigenvalue weighted by atomic mass is 16.6. The predicted molar refractivity (Wildman–Crippen MR) is 126 cm³/mol. The monoisotopic (exact) mass is 478 g/mol. The average molecular weight is 479 g/mol. The Bertz CT molecular complexity index is 794. The van der Waals surface area contributed by atoms with Crippen molar-refractivity contribution in [3.8, 4) is 0 Å². The van der Waals surface area contributed by atoms with E-state index in [2.05, 4.69) is 31.3 Å². The lowest BCUT2D eigenvalue weighted by atomic mass is 9.98. The largest absolute Gasteiger partial charge is 0.444 e. The molecule has 3 heterocycles. The van der Waals surface area contributed by atoms with Crippen molar-refractivity contribution in [2.75, 3.05) is 39.3 Å². The SMILES string of the molecule is CC(C)(C)OC(=O)N1CCCC1CNC(=O)[C@H]1NCCC1CNC(=O)[C@H]1NCCC1CN=[N+]=[N-]. The zero-order valence-electron chi connectivity index (χ0n) is 20.4. The molecule has 0 bridgehead atoms. The highest BCUT2D eigenvalue weighted by Gasteiger charge is 2.37. The molecule has 4 N–H and O–H groups in total. The van der Waals surface area contributed by atoms with Gasteiger partial charge in [0.2, 0.25) is 11.8 Å². The fraction of sp³-hybridized carbons (Fsp3) is 0.864. The molecule has 3 aliphatic rings. The lowest BCUT2D eigenvalue weighted by Crippen LogP contribution is -2.52. The molecule has 3 saturated heterocycles. The van der Waals surface area contributed by atoms with E-state index in [1.54, 1.807) is 4.90 Å². The van der Waals surface area contributed by atoms with E-state index in [0.29, 0.717) is 39.3 Å². The maximum atomic E-state index is 12.9. The van der Waals surface area contributed by atoms with E-state index in [-0.39, 0.29) is 41.8 Å². The summed E-state index contributed by atoms with van der Waals surface area (Å²) in [6.45, 7) is 8.62. The number of hydrogen-bond donors (Lipinski definition) is 4. The minimum atomic E-state index is -0.560. The molecule has 0 saturated carbocycles. The molecule has 34 heavy (non-hydrogen) atoms. The van der Waals surface area contributed by atoms with Crippen LogP contribution in [0.3, 0.4) is 0 Å². The third-order valence-corrected chi connectivity index (χ3v) is 6.70. The number of nitrogens with one attached hydrogen (secondary N) is 4. The van der Waals surface area contributed by atoms with Crippen LogP contribution in [0.2, 0.25) is 0 Å². The van der Waals surface area contributed by atoms with Crippen molar-refractivity contribution in [1.82, 2.24) is 26.2 Å². The first-order chi connectivity index (χ1) is 16.2. The summed E-state index contributed by atoms with van der Waals surface area (Å²) < 4.78 is 5.49. The molecule has 3 rings (SSSR count). The highest BCUT2D eigenvalue weighted by Crippen LogP contribution is 2.21. The zero-order chi connectivity index (χ0) is 24.7. The van der Waals surface area contributed by atoms with Gasteiger partial charge in [-0.2, -0.15) is 0 Å². The second-order valence-electron chi connectivity index (χ2n) is 10.3. The quantitative estimate of drug-likeness (QED) is 0.230. The van der Waals surface area contributed by atoms with Crippen molar-refractivity contribution in [1.29, 1.82) is 0 Å². The number of rotatable bonds is 8. The molecule has 0 aromatic carbocycles. The Kier molecular flexibility index (Phi) is 8.98. The van der Waals surface area contributed by atoms with E-state index in [1.807, 2.05) is 20.8 Å². The summed E-state index contributed by atoms with van der Waals surface area (Å²) in [7, 11) is 0. The summed E-state index contributed by atoms with van der Waals surface area (Å²) in [5, 5.41) is 16.0. The smallest absolute Gasteiger partial charge is 0.410 e. The predicted octanol–water partition coefficient (Wildman–Crippen LogP) is 0.885. The molecule has 3 unspecified atom stereocenters. The normalized spacial score (nSPS) is 28.9. The van der Waals surface area contributed by atoms with Gasteiger partial charge in [-0.05, 0) is 71.0 Å². The van der Waals surface area contributed by atoms with E-state index in [4.69, 9.17) is 10.3 Å². The van der Waals surface area contributed by atoms with Gasteiger partial charge in [0.25, 0.3) is 0 Å². The molecule has 12 nitrogen and oxygen atoms in total. The van der Waals surface area contributed by atoms with Gasteiger partial charge in [0.05, 0.1) is 18.1 Å². The minimum absolute atomic E-state index is 0.0176. The van der Waals surface area contributed by atoms with Crippen molar-refractivity contribution >= 4 is 17.9 Å². The summed E-state index contributed by atoms with van der Waals surface area (Å²) in [5.74, 6) is -0.281. The first-order valence-electron chi connectivity index (χ1n) is 12.2. The molecule has 3 amide bonds. The van der Waals surface area contributed by atoms with Gasteiger partial charge in [-0.3, -0.25) is 9.59 Å². The number of azide groups is 1. The van der Waals surface area contributed by atoms with Gasteiger partial charge in [0, 0.05) is 37.0 Å². The van der Waals surface area contributed by atoms with Gasteiger partial charge in [-0.25, -0.2) is 4.79 Å². The molecule has 0 radical (unpaired) electrons. The minimum Gasteiger partial charge on any atom is -0.444 e. The van der Waals surface area contributed by atoms with Crippen molar-refractivity contribution in [3.63, 3.8) is 0 Å². The van der Waals surface area contributed by atoms with Crippen LogP contribution in [-0.2, 0) is 14.3 Å². The standard InChI is InChI=1S/C22H38N8O4/c1-22(2,3)34-21(33)30-10-4-5-16(30)13-27-20(32)17-14(6-8-24-17)11-26-19(31)18-15(7-9-25-18)12-28-29-23/h14-18,24-25H,4-13H2,1-3H3,(H,26,31)(H,27,32)/t14?,15?,16?,17-,18-/m0/s1. The van der Waals surface area contributed by atoms with E-state index >= 15 is 0 Å². The molecule has 3 aliphatic heterocycles. The van der Waals surface area contributed by atoms with E-state index in [0.717, 1.165) is 25.7 Å². The van der Waals surface area contributed by atoms with Gasteiger partial charge in [-0.1, -0.05) is 5.11 Å². The molecule has 0 aromatic heterocycles. The van der Waals surface area contributed by atoms with Crippen LogP contribution in [0.15, 0.2) is 5.11 Å². The molecular weight excluding hydrogens is 440 g/mol. The van der Waals surface area contributed by atoms with Crippen molar-refractivity contribution < 1.29 is 19.1 Å². The maximum absolute atomic E-state index is 12.9. The van der Waals surface area contributed by atoms with Crippen LogP contribution in [0.4, 0.5) is 4.79 Å². The second-order valence-corrected chi connectivity index (χ2v) is 10.3. The molecule has 12 heteroatoms. The van der Waals surface area contributed by atoms with E-state index in [1.165, 1.54) is 0 Å². The molecular formula is C22H38N8O4. The van der Waals surface area contributed by atoms with Crippen LogP contribution in [-0.4, -0.2) is 85.8 Å². The van der Waals surface area contributed by atoms with Crippen LogP contribution >= 0.6 is 0 Å². The van der Waals surface area contributed by atoms with Crippen molar-refractivity contribution in [3.05, 3.63) is 10.4 Å². The fourth-order valence-corrected chi connectivity index (χ4v) is 4.97. The molecule has 0 spiro atoms. The second kappa shape index (κ2) is 11.7. The molecule has 190 valence electrons. The molecule has 5 atom stereocenters. The number of ether oxygens (including phenoxy) is 1. The van der Waals surface area contributed by atoms with Crippen LogP contribution in [0.5, 0.6) is 0 Å². The Morgan fingerprint density at radius 1 is 1.03 bits per heavy atom. The van der Waals surface area contributed by atoms with Gasteiger partial charge in [0.15, 0.2) is 0 Å². The summed E-state index contributed by atoms with van der Waals surface area (Å²) >= 11 is 0. The fourth-order valence-electron chi connectivity index (χ4n) is 4.97. The number of amides is 3. The number of hydrogen-bond acceptors (Lipinski definition) is 7. The van der Waals surface area contributed by atoms with Crippen molar-refractivity contribution in [2.45, 2.75) is 70.2 Å². The summed E-state index contributed by atoms with van der Waals surface area (Å²) in [5.41, 5.74) is 7.99.